The van der Waals surface area contributed by atoms with E-state index in [0.717, 1.165) is 0 Å². The molecule has 0 aromatic carbocycles. The quantitative estimate of drug-likeness (QED) is 0.298. The number of aliphatic hydroxyl groups is 1. The first kappa shape index (κ1) is 10.4. The van der Waals surface area contributed by atoms with Gasteiger partial charge in [0.1, 0.15) is 0 Å². The summed E-state index contributed by atoms with van der Waals surface area (Å²) in [5.41, 5.74) is 0. The fraction of sp³-hybridized carbons (Fsp3) is 0.667. The van der Waals surface area contributed by atoms with Gasteiger partial charge in [-0.2, -0.15) is 0 Å². The van der Waals surface area contributed by atoms with Crippen molar-refractivity contribution >= 4 is 5.95 Å². The van der Waals surface area contributed by atoms with Crippen molar-refractivity contribution in [3.05, 3.63) is 0 Å². The van der Waals surface area contributed by atoms with E-state index in [1.807, 2.05) is 0 Å². The molecule has 0 aliphatic rings. The van der Waals surface area contributed by atoms with Crippen LogP contribution in [0, 0.1) is 0 Å². The van der Waals surface area contributed by atoms with Crippen LogP contribution >= 0.6 is 0 Å². The van der Waals surface area contributed by atoms with Crippen molar-refractivity contribution in [2.45, 2.75) is 0 Å². The van der Waals surface area contributed by atoms with Crippen LogP contribution in [0.3, 0.4) is 0 Å². The van der Waals surface area contributed by atoms with Gasteiger partial charge in [-0.1, -0.05) is 5.10 Å². The number of aromatic amines is 1. The van der Waals surface area contributed by atoms with Gasteiger partial charge < -0.3 is 5.11 Å². The van der Waals surface area contributed by atoms with Crippen molar-refractivity contribution in [3.8, 4) is 0 Å². The molecule has 4 N–H and O–H groups in total. The van der Waals surface area contributed by atoms with Crippen molar-refractivity contribution in [1.82, 2.24) is 20.6 Å². The Labute approximate surface area is 75.7 Å². The van der Waals surface area contributed by atoms with Crippen LogP contribution in [0.15, 0.2) is 0 Å². The van der Waals surface area contributed by atoms with Crippen LogP contribution < -0.4 is 10.9 Å². The molecule has 0 spiro atoms. The molecule has 58 valence electrons. The second kappa shape index (κ2) is 5.12. The summed E-state index contributed by atoms with van der Waals surface area (Å²) in [4.78, 5) is 0. The van der Waals surface area contributed by atoms with E-state index < -0.39 is 0 Å². The average Bonchev–Trinajstić information content (AvgIpc) is 2.38. The fourth-order valence-electron chi connectivity index (χ4n) is 0.489. The van der Waals surface area contributed by atoms with Crippen LogP contribution in [-0.4, -0.2) is 38.9 Å². The third-order valence-electron chi connectivity index (χ3n) is 0.947. The monoisotopic (exact) mass is 208 g/mol. The summed E-state index contributed by atoms with van der Waals surface area (Å²) in [7, 11) is 0. The van der Waals surface area contributed by atoms with Crippen LogP contribution in [0.2, 0.25) is 0 Å². The van der Waals surface area contributed by atoms with Gasteiger partial charge in [-0.3, -0.25) is 5.01 Å². The van der Waals surface area contributed by atoms with Crippen LogP contribution in [0.5, 0.6) is 0 Å². The molecule has 0 saturated heterocycles. The van der Waals surface area contributed by atoms with Gasteiger partial charge in [0.05, 0.1) is 13.2 Å². The van der Waals surface area contributed by atoms with Crippen molar-refractivity contribution in [2.75, 3.05) is 18.2 Å². The van der Waals surface area contributed by atoms with Crippen LogP contribution in [0.25, 0.3) is 0 Å². The van der Waals surface area contributed by atoms with E-state index in [1.165, 1.54) is 5.01 Å². The Morgan fingerprint density at radius 3 is 2.82 bits per heavy atom. The molecule has 0 unspecified atom stereocenters. The van der Waals surface area contributed by atoms with E-state index in [-0.39, 0.29) is 26.1 Å². The number of anilines is 1. The number of hydrogen-bond donors (Lipinski definition) is 3. The summed E-state index contributed by atoms with van der Waals surface area (Å²) in [5, 5.41) is 22.2. The SMILES string of the molecule is NN(CCO)c1nnn[nH]1.[Zn]. The molecule has 7 nitrogen and oxygen atoms in total. The summed E-state index contributed by atoms with van der Waals surface area (Å²) >= 11 is 0. The normalized spacial score (nSPS) is 8.91. The molecular formula is C3H8N6OZn. The smallest absolute Gasteiger partial charge is 0.257 e. The van der Waals surface area contributed by atoms with Gasteiger partial charge in [-0.15, -0.1) is 0 Å². The first-order valence-electron chi connectivity index (χ1n) is 2.71. The zero-order valence-corrected chi connectivity index (χ0v) is 8.90. The summed E-state index contributed by atoms with van der Waals surface area (Å²) in [6.45, 7) is 0.272. The van der Waals surface area contributed by atoms with Gasteiger partial charge in [-0.05, 0) is 10.4 Å². The molecule has 0 bridgehead atoms. The Kier molecular flexibility index (Phi) is 4.84. The number of tetrazole rings is 1. The molecule has 0 saturated carbocycles. The first-order valence-corrected chi connectivity index (χ1v) is 2.71. The number of rotatable bonds is 3. The minimum Gasteiger partial charge on any atom is -0.394 e. The van der Waals surface area contributed by atoms with Gasteiger partial charge in [0, 0.05) is 19.5 Å². The van der Waals surface area contributed by atoms with Crippen molar-refractivity contribution in [2.24, 2.45) is 5.84 Å². The van der Waals surface area contributed by atoms with Gasteiger partial charge in [0.25, 0.3) is 5.95 Å². The zero-order chi connectivity index (χ0) is 7.40. The maximum absolute atomic E-state index is 8.43. The number of aromatic nitrogens is 4. The largest absolute Gasteiger partial charge is 0.394 e. The van der Waals surface area contributed by atoms with E-state index in [4.69, 9.17) is 10.9 Å². The van der Waals surface area contributed by atoms with Crippen LogP contribution in [0.1, 0.15) is 0 Å². The molecule has 1 heterocycles. The second-order valence-corrected chi connectivity index (χ2v) is 1.64. The van der Waals surface area contributed by atoms with Gasteiger partial charge in [0.2, 0.25) is 0 Å². The second-order valence-electron chi connectivity index (χ2n) is 1.64. The van der Waals surface area contributed by atoms with E-state index in [0.29, 0.717) is 12.5 Å². The zero-order valence-electron chi connectivity index (χ0n) is 5.93. The average molecular weight is 210 g/mol. The van der Waals surface area contributed by atoms with Crippen molar-refractivity contribution in [1.29, 1.82) is 0 Å². The number of nitrogens with two attached hydrogens (primary N) is 1. The maximum Gasteiger partial charge on any atom is 0.257 e. The molecule has 0 fully saturated rings. The molecule has 0 aliphatic heterocycles. The number of nitrogens with one attached hydrogen (secondary N) is 1. The van der Waals surface area contributed by atoms with E-state index in [9.17, 15) is 0 Å². The number of hydrogen-bond acceptors (Lipinski definition) is 6. The molecule has 0 aliphatic carbocycles. The summed E-state index contributed by atoms with van der Waals surface area (Å²) in [6.07, 6.45) is 0. The fourth-order valence-corrected chi connectivity index (χ4v) is 0.489. The van der Waals surface area contributed by atoms with E-state index >= 15 is 0 Å². The molecule has 1 rings (SSSR count). The summed E-state index contributed by atoms with van der Waals surface area (Å²) < 4.78 is 0. The van der Waals surface area contributed by atoms with Crippen molar-refractivity contribution in [3.63, 3.8) is 0 Å². The molecule has 1 aromatic heterocycles. The van der Waals surface area contributed by atoms with Gasteiger partial charge in [0.15, 0.2) is 0 Å². The van der Waals surface area contributed by atoms with E-state index in [1.54, 1.807) is 0 Å². The number of aliphatic hydroxyl groups excluding tert-OH is 1. The molecule has 1 aromatic rings. The third kappa shape index (κ3) is 2.88. The topological polar surface area (TPSA) is 104 Å². The predicted octanol–water partition coefficient (Wildman–Crippen LogP) is -2.13. The maximum atomic E-state index is 8.43. The Morgan fingerprint density at radius 2 is 2.36 bits per heavy atom. The van der Waals surface area contributed by atoms with Gasteiger partial charge in [-0.25, -0.2) is 10.9 Å². The third-order valence-corrected chi connectivity index (χ3v) is 0.947. The molecule has 11 heavy (non-hydrogen) atoms. The Bertz CT molecular complexity index is 178. The minimum atomic E-state index is -0.0306. The Morgan fingerprint density at radius 1 is 1.64 bits per heavy atom. The standard InChI is InChI=1S/C3H8N6O.Zn/c4-9(1-2-10)3-5-7-8-6-3;/h10H,1-2,4H2,(H,5,6,7,8);. The summed E-state index contributed by atoms with van der Waals surface area (Å²) in [6, 6.07) is 0. The molecule has 0 atom stereocenters. The van der Waals surface area contributed by atoms with E-state index in [2.05, 4.69) is 20.6 Å². The van der Waals surface area contributed by atoms with Crippen molar-refractivity contribution < 1.29 is 24.6 Å². The minimum absolute atomic E-state index is 0. The Balaban J connectivity index is 0.000001000. The Hall–Kier alpha value is -0.587. The first-order chi connectivity index (χ1) is 4.84. The number of hydrazine groups is 1. The summed E-state index contributed by atoms with van der Waals surface area (Å²) in [5.74, 6) is 5.69. The molecule has 0 amide bonds. The molecular weight excluding hydrogens is 201 g/mol. The van der Waals surface area contributed by atoms with Crippen LogP contribution in [0.4, 0.5) is 5.95 Å². The number of nitrogens with zero attached hydrogens (tertiary/aromatic N) is 4. The van der Waals surface area contributed by atoms with Gasteiger partial charge >= 0.3 is 0 Å². The van der Waals surface area contributed by atoms with Crippen LogP contribution in [-0.2, 0) is 19.5 Å². The predicted molar refractivity (Wildman–Crippen MR) is 32.8 cm³/mol. The molecule has 0 radical (unpaired) electrons. The molecule has 8 heteroatoms. The number of H-pyrrole nitrogens is 1.